The third kappa shape index (κ3) is 4.45. The fourth-order valence-electron chi connectivity index (χ4n) is 4.28. The first-order valence-corrected chi connectivity index (χ1v) is 11.5. The molecule has 1 fully saturated rings. The van der Waals surface area contributed by atoms with Gasteiger partial charge in [-0.1, -0.05) is 18.2 Å². The van der Waals surface area contributed by atoms with E-state index < -0.39 is 0 Å². The van der Waals surface area contributed by atoms with Crippen LogP contribution in [0.1, 0.15) is 11.3 Å². The molecular weight excluding hydrogens is 424 g/mol. The van der Waals surface area contributed by atoms with Gasteiger partial charge in [-0.2, -0.15) is 10.1 Å². The second kappa shape index (κ2) is 9.15. The van der Waals surface area contributed by atoms with E-state index in [0.29, 0.717) is 11.8 Å². The molecule has 0 amide bonds. The normalized spacial score (nSPS) is 14.4. The van der Waals surface area contributed by atoms with E-state index in [1.54, 1.807) is 6.20 Å². The minimum Gasteiger partial charge on any atom is -0.383 e. The highest BCUT2D eigenvalue weighted by Gasteiger charge is 2.17. The predicted octanol–water partition coefficient (Wildman–Crippen LogP) is 4.02. The molecule has 1 aliphatic rings. The Morgan fingerprint density at radius 2 is 1.68 bits per heavy atom. The van der Waals surface area contributed by atoms with E-state index in [2.05, 4.69) is 74.5 Å². The second-order valence-electron chi connectivity index (χ2n) is 8.82. The summed E-state index contributed by atoms with van der Waals surface area (Å²) in [6, 6.07) is 18.5. The fraction of sp³-hybridized carbons (Fsp3) is 0.269. The van der Waals surface area contributed by atoms with Crippen LogP contribution in [0.15, 0.2) is 60.8 Å². The number of likely N-dealkylation sites (N-methyl/N-ethyl adjacent to an activating group) is 1. The summed E-state index contributed by atoms with van der Waals surface area (Å²) < 4.78 is 1.91. The Hall–Kier alpha value is -3.91. The summed E-state index contributed by atoms with van der Waals surface area (Å²) in [4.78, 5) is 13.8. The molecular formula is C26H30N8. The highest BCUT2D eigenvalue weighted by atomic mass is 15.3. The summed E-state index contributed by atoms with van der Waals surface area (Å²) >= 11 is 0. The lowest BCUT2D eigenvalue weighted by molar-refractivity contribution is 0.313. The first-order chi connectivity index (χ1) is 16.5. The van der Waals surface area contributed by atoms with Crippen LogP contribution in [0.2, 0.25) is 0 Å². The second-order valence-corrected chi connectivity index (χ2v) is 8.82. The number of hydrogen-bond acceptors (Lipinski definition) is 7. The number of aryl methyl sites for hydroxylation is 2. The molecule has 174 valence electrons. The van der Waals surface area contributed by atoms with Crippen molar-refractivity contribution in [3.8, 4) is 16.9 Å². The molecule has 4 aromatic rings. The number of piperazine rings is 1. The van der Waals surface area contributed by atoms with Crippen LogP contribution in [-0.4, -0.2) is 57.9 Å². The first kappa shape index (κ1) is 21.9. The molecule has 1 saturated heterocycles. The summed E-state index contributed by atoms with van der Waals surface area (Å²) in [7, 11) is 2.17. The maximum absolute atomic E-state index is 6.39. The number of aromatic nitrogens is 4. The van der Waals surface area contributed by atoms with Gasteiger partial charge in [0.2, 0.25) is 5.95 Å². The minimum absolute atomic E-state index is 0.404. The van der Waals surface area contributed by atoms with Gasteiger partial charge in [0.15, 0.2) is 0 Å². The van der Waals surface area contributed by atoms with Gasteiger partial charge in [-0.15, -0.1) is 0 Å². The third-order valence-corrected chi connectivity index (χ3v) is 6.26. The van der Waals surface area contributed by atoms with E-state index in [1.807, 2.05) is 35.9 Å². The Morgan fingerprint density at radius 1 is 0.941 bits per heavy atom. The molecule has 8 nitrogen and oxygen atoms in total. The average molecular weight is 455 g/mol. The molecule has 0 atom stereocenters. The van der Waals surface area contributed by atoms with Crippen LogP contribution in [0, 0.1) is 13.8 Å². The van der Waals surface area contributed by atoms with E-state index in [1.165, 1.54) is 5.69 Å². The molecule has 1 aliphatic heterocycles. The molecule has 0 spiro atoms. The van der Waals surface area contributed by atoms with Crippen molar-refractivity contribution in [3.05, 3.63) is 72.1 Å². The molecule has 34 heavy (non-hydrogen) atoms. The first-order valence-electron chi connectivity index (χ1n) is 11.5. The van der Waals surface area contributed by atoms with Crippen LogP contribution in [0.4, 0.5) is 23.1 Å². The maximum atomic E-state index is 6.39. The van der Waals surface area contributed by atoms with E-state index >= 15 is 0 Å². The van der Waals surface area contributed by atoms with E-state index in [4.69, 9.17) is 5.73 Å². The summed E-state index contributed by atoms with van der Waals surface area (Å²) in [6.07, 6.45) is 1.76. The van der Waals surface area contributed by atoms with Gasteiger partial charge < -0.3 is 20.9 Å². The Kier molecular flexibility index (Phi) is 5.90. The van der Waals surface area contributed by atoms with Crippen molar-refractivity contribution < 1.29 is 0 Å². The molecule has 0 radical (unpaired) electrons. The van der Waals surface area contributed by atoms with Crippen LogP contribution in [0.25, 0.3) is 16.9 Å². The average Bonchev–Trinajstić information content (AvgIpc) is 3.21. The minimum atomic E-state index is 0.404. The van der Waals surface area contributed by atoms with Gasteiger partial charge in [0, 0.05) is 43.8 Å². The van der Waals surface area contributed by atoms with Crippen molar-refractivity contribution >= 4 is 23.1 Å². The predicted molar refractivity (Wildman–Crippen MR) is 138 cm³/mol. The fourth-order valence-corrected chi connectivity index (χ4v) is 4.28. The topological polar surface area (TPSA) is 88.1 Å². The molecule has 0 aliphatic carbocycles. The highest BCUT2D eigenvalue weighted by Crippen LogP contribution is 2.29. The van der Waals surface area contributed by atoms with Crippen molar-refractivity contribution in [2.45, 2.75) is 13.8 Å². The number of nitrogens with one attached hydrogen (secondary N) is 1. The number of hydrogen-bond donors (Lipinski definition) is 2. The molecule has 3 heterocycles. The lowest BCUT2D eigenvalue weighted by atomic mass is 10.1. The van der Waals surface area contributed by atoms with Crippen LogP contribution < -0.4 is 16.0 Å². The summed E-state index contributed by atoms with van der Waals surface area (Å²) in [5.74, 6) is 0.869. The molecule has 0 unspecified atom stereocenters. The Morgan fingerprint density at radius 3 is 2.38 bits per heavy atom. The molecule has 5 rings (SSSR count). The third-order valence-electron chi connectivity index (χ3n) is 6.26. The van der Waals surface area contributed by atoms with Gasteiger partial charge in [0.05, 0.1) is 22.6 Å². The van der Waals surface area contributed by atoms with Crippen molar-refractivity contribution in [3.63, 3.8) is 0 Å². The van der Waals surface area contributed by atoms with Crippen molar-refractivity contribution in [2.24, 2.45) is 0 Å². The van der Waals surface area contributed by atoms with Gasteiger partial charge in [-0.25, -0.2) is 9.67 Å². The lowest BCUT2D eigenvalue weighted by Gasteiger charge is -2.34. The summed E-state index contributed by atoms with van der Waals surface area (Å²) in [5.41, 5.74) is 13.2. The standard InChI is InChI=1S/C26H30N8/c1-18-6-4-5-7-23(18)34-24(16-19(2)31-34)22-17-28-26(30-25(22)27)29-20-8-10-21(11-9-20)33-14-12-32(3)13-15-33/h4-11,16-17H,12-15H2,1-3H3,(H3,27,28,29,30). The van der Waals surface area contributed by atoms with Crippen LogP contribution in [-0.2, 0) is 0 Å². The highest BCUT2D eigenvalue weighted by molar-refractivity contribution is 5.74. The van der Waals surface area contributed by atoms with Gasteiger partial charge in [-0.05, 0) is 62.9 Å². The monoisotopic (exact) mass is 454 g/mol. The van der Waals surface area contributed by atoms with Gasteiger partial charge >= 0.3 is 0 Å². The van der Waals surface area contributed by atoms with Crippen LogP contribution in [0.5, 0.6) is 0 Å². The largest absolute Gasteiger partial charge is 0.383 e. The number of para-hydroxylation sites is 1. The van der Waals surface area contributed by atoms with Crippen LogP contribution in [0.3, 0.4) is 0 Å². The number of anilines is 4. The van der Waals surface area contributed by atoms with Crippen molar-refractivity contribution in [2.75, 3.05) is 49.2 Å². The summed E-state index contributed by atoms with van der Waals surface area (Å²) in [5, 5.41) is 7.95. The SMILES string of the molecule is Cc1cc(-c2cnc(Nc3ccc(N4CCN(C)CC4)cc3)nc2N)n(-c2ccccc2C)n1. The molecule has 0 saturated carbocycles. The number of benzene rings is 2. The van der Waals surface area contributed by atoms with Gasteiger partial charge in [0.25, 0.3) is 0 Å². The maximum Gasteiger partial charge on any atom is 0.229 e. The molecule has 0 bridgehead atoms. The molecule has 3 N–H and O–H groups in total. The smallest absolute Gasteiger partial charge is 0.229 e. The van der Waals surface area contributed by atoms with Crippen LogP contribution >= 0.6 is 0 Å². The Labute approximate surface area is 200 Å². The quantitative estimate of drug-likeness (QED) is 0.471. The number of nitrogen functional groups attached to an aromatic ring is 1. The van der Waals surface area contributed by atoms with E-state index in [9.17, 15) is 0 Å². The zero-order chi connectivity index (χ0) is 23.7. The van der Waals surface area contributed by atoms with Gasteiger partial charge in [-0.3, -0.25) is 0 Å². The van der Waals surface area contributed by atoms with Crippen molar-refractivity contribution in [1.29, 1.82) is 0 Å². The Balaban J connectivity index is 1.36. The van der Waals surface area contributed by atoms with E-state index in [-0.39, 0.29) is 0 Å². The van der Waals surface area contributed by atoms with Crippen molar-refractivity contribution in [1.82, 2.24) is 24.6 Å². The molecule has 8 heteroatoms. The number of nitrogens with two attached hydrogens (primary N) is 1. The summed E-state index contributed by atoms with van der Waals surface area (Å²) in [6.45, 7) is 8.30. The number of rotatable bonds is 5. The zero-order valence-electron chi connectivity index (χ0n) is 19.9. The molecule has 2 aromatic heterocycles. The number of nitrogens with zero attached hydrogens (tertiary/aromatic N) is 6. The van der Waals surface area contributed by atoms with E-state index in [0.717, 1.165) is 60.1 Å². The Bertz CT molecular complexity index is 1290. The lowest BCUT2D eigenvalue weighted by Crippen LogP contribution is -2.44. The zero-order valence-corrected chi connectivity index (χ0v) is 19.9. The van der Waals surface area contributed by atoms with Gasteiger partial charge in [0.1, 0.15) is 5.82 Å². The molecule has 2 aromatic carbocycles.